The summed E-state index contributed by atoms with van der Waals surface area (Å²) < 4.78 is 33.5. The Morgan fingerprint density at radius 2 is 1.74 bits per heavy atom. The molecule has 0 spiro atoms. The molecule has 2 aromatic carbocycles. The van der Waals surface area contributed by atoms with Crippen molar-refractivity contribution in [2.75, 3.05) is 39.4 Å². The minimum absolute atomic E-state index is 0.121. The molecule has 0 saturated carbocycles. The molecule has 0 aliphatic carbocycles. The summed E-state index contributed by atoms with van der Waals surface area (Å²) in [7, 11) is -5.06. The number of carbonyl (C=O) groups is 4. The lowest BCUT2D eigenvalue weighted by molar-refractivity contribution is -0.149. The van der Waals surface area contributed by atoms with Crippen molar-refractivity contribution >= 4 is 42.0 Å². The zero-order chi connectivity index (χ0) is 35.2. The highest BCUT2D eigenvalue weighted by Crippen LogP contribution is 2.53. The summed E-state index contributed by atoms with van der Waals surface area (Å²) in [5, 5.41) is 3.80. The third kappa shape index (κ3) is 6.67. The minimum Gasteiger partial charge on any atom is -0.378 e. The van der Waals surface area contributed by atoms with Crippen molar-refractivity contribution in [1.82, 2.24) is 29.6 Å². The van der Waals surface area contributed by atoms with E-state index in [-0.39, 0.29) is 35.5 Å². The van der Waals surface area contributed by atoms with E-state index >= 15 is 0 Å². The van der Waals surface area contributed by atoms with Crippen LogP contribution < -0.4 is 5.32 Å². The van der Waals surface area contributed by atoms with E-state index in [0.29, 0.717) is 68.6 Å². The standard InChI is InChI=1S/C34H40FN6O8P/c35-30(50(46,47)48)22-6-4-21-5-7-23(18-24(21)17-22)31(42)37-26-19-39(34(45)29-27-3-1-2-11-40(27)20-36-29)12-10-25-8-9-28(41(25)32(26)43)33(44)38-13-15-49-16-14-38/h4-7,17-18,20,25-26,28,30H,1-3,8-16,19H2,(H,37,42)(H2,46,47,48)/t25-,26+,28+,30?/m1/s1. The summed E-state index contributed by atoms with van der Waals surface area (Å²) in [6.45, 7) is 2.64. The van der Waals surface area contributed by atoms with Gasteiger partial charge in [0, 0.05) is 37.8 Å². The summed E-state index contributed by atoms with van der Waals surface area (Å²) in [5.74, 6) is -4.09. The Hall–Kier alpha value is -4.17. The molecule has 3 saturated heterocycles. The molecule has 4 amide bonds. The molecule has 7 rings (SSSR count). The molecule has 1 aromatic heterocycles. The fourth-order valence-corrected chi connectivity index (χ4v) is 8.21. The van der Waals surface area contributed by atoms with Crippen LogP contribution in [0.25, 0.3) is 10.8 Å². The highest BCUT2D eigenvalue weighted by Gasteiger charge is 2.47. The van der Waals surface area contributed by atoms with Gasteiger partial charge in [0.1, 0.15) is 17.8 Å². The lowest BCUT2D eigenvalue weighted by Crippen LogP contribution is -2.61. The van der Waals surface area contributed by atoms with E-state index in [1.54, 1.807) is 27.1 Å². The lowest BCUT2D eigenvalue weighted by Gasteiger charge is -2.40. The molecule has 0 radical (unpaired) electrons. The summed E-state index contributed by atoms with van der Waals surface area (Å²) in [6, 6.07) is 6.45. The molecule has 50 heavy (non-hydrogen) atoms. The van der Waals surface area contributed by atoms with Crippen LogP contribution in [0.5, 0.6) is 0 Å². The second-order valence-corrected chi connectivity index (χ2v) is 15.1. The highest BCUT2D eigenvalue weighted by atomic mass is 31.2. The van der Waals surface area contributed by atoms with Crippen molar-refractivity contribution in [1.29, 1.82) is 0 Å². The van der Waals surface area contributed by atoms with Crippen LogP contribution in [0.3, 0.4) is 0 Å². The second kappa shape index (κ2) is 13.9. The topological polar surface area (TPSA) is 175 Å². The second-order valence-electron chi connectivity index (χ2n) is 13.4. The number of morpholine rings is 1. The minimum atomic E-state index is -5.06. The van der Waals surface area contributed by atoms with Gasteiger partial charge in [0.15, 0.2) is 0 Å². The van der Waals surface area contributed by atoms with Crippen molar-refractivity contribution in [2.24, 2.45) is 0 Å². The number of fused-ring (bicyclic) bond motifs is 3. The van der Waals surface area contributed by atoms with Crippen molar-refractivity contribution in [3.63, 3.8) is 0 Å². The van der Waals surface area contributed by atoms with Crippen LogP contribution in [0.15, 0.2) is 42.7 Å². The number of aromatic nitrogens is 2. The monoisotopic (exact) mass is 710 g/mol. The molecule has 3 N–H and O–H groups in total. The Morgan fingerprint density at radius 3 is 2.52 bits per heavy atom. The number of rotatable bonds is 6. The molecule has 4 atom stereocenters. The number of hydrogen-bond donors (Lipinski definition) is 3. The molecule has 14 nitrogen and oxygen atoms in total. The van der Waals surface area contributed by atoms with Crippen LogP contribution in [0.4, 0.5) is 4.39 Å². The number of amides is 4. The number of imidazole rings is 1. The number of hydrogen-bond acceptors (Lipinski definition) is 7. The summed E-state index contributed by atoms with van der Waals surface area (Å²) in [5.41, 5.74) is 1.10. The van der Waals surface area contributed by atoms with Crippen molar-refractivity contribution in [3.05, 3.63) is 65.2 Å². The first-order valence-electron chi connectivity index (χ1n) is 17.1. The Morgan fingerprint density at radius 1 is 0.960 bits per heavy atom. The van der Waals surface area contributed by atoms with Gasteiger partial charge in [-0.15, -0.1) is 0 Å². The summed E-state index contributed by atoms with van der Waals surface area (Å²) in [4.78, 5) is 84.1. The van der Waals surface area contributed by atoms with Gasteiger partial charge in [-0.2, -0.15) is 0 Å². The Balaban J connectivity index is 1.19. The largest absolute Gasteiger partial charge is 0.378 e. The zero-order valence-electron chi connectivity index (χ0n) is 27.4. The third-order valence-electron chi connectivity index (χ3n) is 10.3. The van der Waals surface area contributed by atoms with Gasteiger partial charge >= 0.3 is 7.60 Å². The molecule has 0 bridgehead atoms. The highest BCUT2D eigenvalue weighted by molar-refractivity contribution is 7.51. The van der Waals surface area contributed by atoms with Gasteiger partial charge in [0.05, 0.1) is 31.8 Å². The number of nitrogens with zero attached hydrogens (tertiary/aromatic N) is 5. The van der Waals surface area contributed by atoms with Crippen LogP contribution in [-0.2, 0) is 31.9 Å². The van der Waals surface area contributed by atoms with E-state index in [1.165, 1.54) is 30.3 Å². The van der Waals surface area contributed by atoms with Gasteiger partial charge < -0.3 is 39.1 Å². The fourth-order valence-electron chi connectivity index (χ4n) is 7.66. The van der Waals surface area contributed by atoms with Gasteiger partial charge in [0.2, 0.25) is 17.7 Å². The predicted molar refractivity (Wildman–Crippen MR) is 178 cm³/mol. The van der Waals surface area contributed by atoms with Crippen molar-refractivity contribution in [3.8, 4) is 0 Å². The molecule has 3 aromatic rings. The van der Waals surface area contributed by atoms with Crippen LogP contribution in [0.2, 0.25) is 0 Å². The maximum Gasteiger partial charge on any atom is 0.363 e. The van der Waals surface area contributed by atoms with Crippen LogP contribution >= 0.6 is 7.60 Å². The Bertz CT molecular complexity index is 1870. The van der Waals surface area contributed by atoms with E-state index in [4.69, 9.17) is 4.74 Å². The Labute approximate surface area is 287 Å². The molecule has 3 fully saturated rings. The quantitative estimate of drug-likeness (QED) is 0.325. The van der Waals surface area contributed by atoms with E-state index in [0.717, 1.165) is 31.5 Å². The van der Waals surface area contributed by atoms with E-state index in [2.05, 4.69) is 10.3 Å². The molecule has 5 heterocycles. The first-order chi connectivity index (χ1) is 24.0. The molecule has 266 valence electrons. The average Bonchev–Trinajstić information content (AvgIpc) is 3.75. The van der Waals surface area contributed by atoms with Crippen LogP contribution in [0, 0.1) is 0 Å². The van der Waals surface area contributed by atoms with Crippen LogP contribution in [-0.4, -0.2) is 115 Å². The number of alkyl halides is 1. The van der Waals surface area contributed by atoms with Gasteiger partial charge in [-0.25, -0.2) is 9.37 Å². The SMILES string of the molecule is O=C(N[C@H]1CN(C(=O)c2ncn3c2CCCC3)CC[C@H]2CC[C@@H](C(=O)N3CCOCC3)N2C1=O)c1ccc2ccc(C(F)P(=O)(O)O)cc2c1. The smallest absolute Gasteiger partial charge is 0.363 e. The number of benzene rings is 2. The first kappa shape index (κ1) is 34.3. The molecule has 16 heteroatoms. The van der Waals surface area contributed by atoms with Crippen molar-refractivity contribution < 1.29 is 42.7 Å². The zero-order valence-corrected chi connectivity index (χ0v) is 28.3. The molecular weight excluding hydrogens is 670 g/mol. The van der Waals surface area contributed by atoms with E-state index in [1.807, 2.05) is 4.57 Å². The molecular formula is C34H40FN6O8P. The summed E-state index contributed by atoms with van der Waals surface area (Å²) >= 11 is 0. The third-order valence-corrected chi connectivity index (χ3v) is 11.2. The van der Waals surface area contributed by atoms with Gasteiger partial charge in [-0.3, -0.25) is 23.7 Å². The lowest BCUT2D eigenvalue weighted by atomic mass is 10.0. The van der Waals surface area contributed by atoms with Crippen molar-refractivity contribution in [2.45, 2.75) is 69.1 Å². The first-order valence-corrected chi connectivity index (χ1v) is 18.7. The molecule has 1 unspecified atom stereocenters. The van der Waals surface area contributed by atoms with Gasteiger partial charge in [-0.1, -0.05) is 18.2 Å². The number of carbonyl (C=O) groups excluding carboxylic acids is 4. The Kier molecular flexibility index (Phi) is 9.50. The molecule has 4 aliphatic heterocycles. The van der Waals surface area contributed by atoms with Crippen LogP contribution in [0.1, 0.15) is 70.1 Å². The molecule has 4 aliphatic rings. The predicted octanol–water partition coefficient (Wildman–Crippen LogP) is 2.38. The van der Waals surface area contributed by atoms with Gasteiger partial charge in [0.25, 0.3) is 11.8 Å². The van der Waals surface area contributed by atoms with E-state index in [9.17, 15) is 37.9 Å². The maximum absolute atomic E-state index is 14.5. The summed E-state index contributed by atoms with van der Waals surface area (Å²) in [6.07, 6.45) is 5.84. The number of nitrogens with one attached hydrogen (secondary N) is 1. The normalized spacial score (nSPS) is 23.5. The number of aryl methyl sites for hydroxylation is 1. The number of halogens is 1. The fraction of sp³-hybridized carbons (Fsp3) is 0.500. The average molecular weight is 711 g/mol. The maximum atomic E-state index is 14.5. The number of ether oxygens (including phenoxy) is 1. The van der Waals surface area contributed by atoms with Gasteiger partial charge in [-0.05, 0) is 73.1 Å². The van der Waals surface area contributed by atoms with E-state index < -0.39 is 37.4 Å².